The maximum atomic E-state index is 11.1. The number of carbonyl (C=O) groups excluding carboxylic acids is 1. The minimum absolute atomic E-state index is 0.0920. The summed E-state index contributed by atoms with van der Waals surface area (Å²) < 4.78 is 0. The lowest BCUT2D eigenvalue weighted by molar-refractivity contribution is -0.304. The Balaban J connectivity index is 2.94. The Hall–Kier alpha value is -1.57. The number of nitrogens with zero attached hydrogens (tertiary/aromatic N) is 1. The van der Waals surface area contributed by atoms with Crippen molar-refractivity contribution in [3.63, 3.8) is 0 Å². The van der Waals surface area contributed by atoms with E-state index in [1.165, 1.54) is 0 Å². The van der Waals surface area contributed by atoms with Crippen LogP contribution in [0.25, 0.3) is 0 Å². The molecule has 15 heavy (non-hydrogen) atoms. The van der Waals surface area contributed by atoms with Crippen LogP contribution >= 0.6 is 11.8 Å². The van der Waals surface area contributed by atoms with E-state index >= 15 is 0 Å². The first-order chi connectivity index (χ1) is 7.04. The Morgan fingerprint density at radius 1 is 1.60 bits per heavy atom. The summed E-state index contributed by atoms with van der Waals surface area (Å²) in [5.74, 6) is -1.27. The second kappa shape index (κ2) is 4.78. The van der Waals surface area contributed by atoms with Crippen LogP contribution in [0.1, 0.15) is 13.3 Å². The molecule has 82 valence electrons. The van der Waals surface area contributed by atoms with Crippen molar-refractivity contribution in [3.8, 4) is 0 Å². The van der Waals surface area contributed by atoms with Crippen LogP contribution in [0.2, 0.25) is 0 Å². The van der Waals surface area contributed by atoms with Crippen LogP contribution in [0, 0.1) is 0 Å². The molecule has 1 rings (SSSR count). The molecular weight excluding hydrogens is 222 g/mol. The molecule has 0 saturated heterocycles. The maximum absolute atomic E-state index is 11.1. The molecule has 2 N–H and O–H groups in total. The molecule has 1 unspecified atom stereocenters. The van der Waals surface area contributed by atoms with E-state index in [1.54, 1.807) is 6.92 Å². The normalized spacial score (nSPS) is 12.3. The molecule has 0 bridgehead atoms. The van der Waals surface area contributed by atoms with Gasteiger partial charge in [0.1, 0.15) is 0 Å². The van der Waals surface area contributed by atoms with Gasteiger partial charge in [-0.1, -0.05) is 18.7 Å². The van der Waals surface area contributed by atoms with Gasteiger partial charge in [0.2, 0.25) is 0 Å². The molecule has 1 atom stereocenters. The number of rotatable bonds is 4. The third-order valence-electron chi connectivity index (χ3n) is 1.57. The topological polar surface area (TPSA) is 119 Å². The molecule has 0 aromatic carbocycles. The molecule has 0 saturated carbocycles. The predicted molar refractivity (Wildman–Crippen MR) is 50.4 cm³/mol. The first-order valence-corrected chi connectivity index (χ1v) is 4.99. The van der Waals surface area contributed by atoms with Crippen molar-refractivity contribution in [2.45, 2.75) is 23.6 Å². The van der Waals surface area contributed by atoms with E-state index < -0.39 is 22.5 Å². The van der Waals surface area contributed by atoms with Gasteiger partial charge in [-0.2, -0.15) is 5.10 Å². The van der Waals surface area contributed by atoms with Gasteiger partial charge in [-0.3, -0.25) is 9.78 Å². The number of hydrogen-bond donors (Lipinski definition) is 2. The second-order valence-corrected chi connectivity index (χ2v) is 3.84. The summed E-state index contributed by atoms with van der Waals surface area (Å²) in [4.78, 5) is 34.3. The van der Waals surface area contributed by atoms with Gasteiger partial charge in [0, 0.05) is 0 Å². The molecule has 0 radical (unpaired) electrons. The molecule has 0 fully saturated rings. The van der Waals surface area contributed by atoms with Crippen molar-refractivity contribution in [2.24, 2.45) is 0 Å². The fourth-order valence-corrected chi connectivity index (χ4v) is 1.64. The first-order valence-electron chi connectivity index (χ1n) is 4.11. The van der Waals surface area contributed by atoms with Crippen molar-refractivity contribution < 1.29 is 9.90 Å². The van der Waals surface area contributed by atoms with Crippen LogP contribution in [-0.4, -0.2) is 26.4 Å². The lowest BCUT2D eigenvalue weighted by atomic mass is 10.3. The second-order valence-electron chi connectivity index (χ2n) is 2.65. The van der Waals surface area contributed by atoms with Crippen LogP contribution in [0.4, 0.5) is 0 Å². The van der Waals surface area contributed by atoms with Crippen molar-refractivity contribution in [1.82, 2.24) is 15.2 Å². The lowest BCUT2D eigenvalue weighted by Gasteiger charge is -2.13. The van der Waals surface area contributed by atoms with Crippen LogP contribution in [0.3, 0.4) is 0 Å². The van der Waals surface area contributed by atoms with Gasteiger partial charge in [-0.05, 0) is 6.42 Å². The van der Waals surface area contributed by atoms with Gasteiger partial charge < -0.3 is 9.90 Å². The zero-order valence-electron chi connectivity index (χ0n) is 7.77. The van der Waals surface area contributed by atoms with Crippen molar-refractivity contribution in [3.05, 3.63) is 20.8 Å². The van der Waals surface area contributed by atoms with E-state index in [1.807, 2.05) is 10.1 Å². The molecule has 0 aliphatic carbocycles. The number of aromatic amines is 2. The summed E-state index contributed by atoms with van der Waals surface area (Å²) in [7, 11) is 0. The highest BCUT2D eigenvalue weighted by Crippen LogP contribution is 2.18. The number of aromatic nitrogens is 3. The fourth-order valence-electron chi connectivity index (χ4n) is 0.850. The Morgan fingerprint density at radius 3 is 2.73 bits per heavy atom. The van der Waals surface area contributed by atoms with Crippen molar-refractivity contribution in [2.75, 3.05) is 0 Å². The minimum atomic E-state index is -1.27. The lowest BCUT2D eigenvalue weighted by Crippen LogP contribution is -2.34. The summed E-state index contributed by atoms with van der Waals surface area (Å²) in [5.41, 5.74) is -1.44. The van der Waals surface area contributed by atoms with Gasteiger partial charge in [0.05, 0.1) is 11.2 Å². The Morgan fingerprint density at radius 2 is 2.27 bits per heavy atom. The smallest absolute Gasteiger partial charge is 0.342 e. The molecule has 7 nitrogen and oxygen atoms in total. The van der Waals surface area contributed by atoms with Crippen LogP contribution in [0.5, 0.6) is 0 Å². The number of carboxylic acids is 1. The van der Waals surface area contributed by atoms with E-state index in [4.69, 9.17) is 0 Å². The molecule has 0 spiro atoms. The molecule has 1 heterocycles. The number of H-pyrrole nitrogens is 2. The Kier molecular flexibility index (Phi) is 3.67. The van der Waals surface area contributed by atoms with E-state index in [9.17, 15) is 19.5 Å². The minimum Gasteiger partial charge on any atom is -0.549 e. The third kappa shape index (κ3) is 2.94. The maximum Gasteiger partial charge on any atom is 0.342 e. The van der Waals surface area contributed by atoms with E-state index in [2.05, 4.69) is 5.10 Å². The molecule has 0 aliphatic heterocycles. The number of nitrogens with one attached hydrogen (secondary N) is 2. The molecule has 8 heteroatoms. The number of hydrogen-bond acceptors (Lipinski definition) is 6. The highest BCUT2D eigenvalue weighted by atomic mass is 32.2. The van der Waals surface area contributed by atoms with Crippen LogP contribution in [-0.2, 0) is 4.79 Å². The van der Waals surface area contributed by atoms with Gasteiger partial charge >= 0.3 is 5.69 Å². The van der Waals surface area contributed by atoms with Crippen LogP contribution in [0.15, 0.2) is 14.6 Å². The zero-order valence-corrected chi connectivity index (χ0v) is 8.59. The monoisotopic (exact) mass is 230 g/mol. The quantitative estimate of drug-likeness (QED) is 0.582. The first kappa shape index (κ1) is 11.5. The summed E-state index contributed by atoms with van der Waals surface area (Å²) >= 11 is 0.745. The zero-order chi connectivity index (χ0) is 11.4. The third-order valence-corrected chi connectivity index (χ3v) is 2.88. The Bertz CT molecular complexity index is 466. The number of carbonyl (C=O) groups is 1. The number of thioether (sulfide) groups is 1. The van der Waals surface area contributed by atoms with Gasteiger partial charge in [0.25, 0.3) is 5.56 Å². The SMILES string of the molecule is CCC(Sc1n[nH]c(=O)[nH]c1=O)C(=O)[O-]. The highest BCUT2D eigenvalue weighted by Gasteiger charge is 2.13. The fraction of sp³-hybridized carbons (Fsp3) is 0.429. The van der Waals surface area contributed by atoms with Gasteiger partial charge in [-0.15, -0.1) is 0 Å². The summed E-state index contributed by atoms with van der Waals surface area (Å²) in [6.07, 6.45) is 0.299. The van der Waals surface area contributed by atoms with Gasteiger partial charge in [0.15, 0.2) is 5.03 Å². The predicted octanol–water partition coefficient (Wildman–Crippen LogP) is -1.92. The molecule has 0 amide bonds. The van der Waals surface area contributed by atoms with E-state index in [0.29, 0.717) is 6.42 Å². The van der Waals surface area contributed by atoms with E-state index in [-0.39, 0.29) is 5.03 Å². The largest absolute Gasteiger partial charge is 0.549 e. The molecule has 1 aromatic rings. The number of carboxylic acid groups (broad SMARTS) is 1. The number of aliphatic carboxylic acids is 1. The average Bonchev–Trinajstić information content (AvgIpc) is 2.16. The molecule has 1 aromatic heterocycles. The summed E-state index contributed by atoms with van der Waals surface area (Å²) in [5, 5.41) is 15.1. The Labute approximate surface area is 87.9 Å². The van der Waals surface area contributed by atoms with Gasteiger partial charge in [-0.25, -0.2) is 9.89 Å². The summed E-state index contributed by atoms with van der Waals surface area (Å²) in [6, 6.07) is 0. The standard InChI is InChI=1S/C7H9N3O4S/c1-2-3(6(12)13)15-5-4(11)8-7(14)10-9-5/h3H,2H2,1H3,(H,12,13)(H2,8,10,11,14)/p-1. The van der Waals surface area contributed by atoms with Crippen LogP contribution < -0.4 is 16.4 Å². The average molecular weight is 230 g/mol. The van der Waals surface area contributed by atoms with Crippen molar-refractivity contribution in [1.29, 1.82) is 0 Å². The molecule has 0 aliphatic rings. The van der Waals surface area contributed by atoms with E-state index in [0.717, 1.165) is 11.8 Å². The molecular formula is C7H8N3O4S-. The summed E-state index contributed by atoms with van der Waals surface area (Å²) in [6.45, 7) is 1.65. The van der Waals surface area contributed by atoms with Crippen molar-refractivity contribution >= 4 is 17.7 Å². The highest BCUT2D eigenvalue weighted by molar-refractivity contribution is 8.00.